The number of hydrogen-bond donors (Lipinski definition) is 2. The van der Waals surface area contributed by atoms with Crippen LogP contribution < -0.4 is 20.5 Å². The van der Waals surface area contributed by atoms with Crippen LogP contribution in [-0.4, -0.2) is 57.0 Å². The van der Waals surface area contributed by atoms with Gasteiger partial charge in [0.2, 0.25) is 0 Å². The molecule has 1 heterocycles. The number of nitrogens with one attached hydrogen (secondary N) is 1. The lowest BCUT2D eigenvalue weighted by atomic mass is 10.2. The molecule has 8 nitrogen and oxygen atoms in total. The smallest absolute Gasteiger partial charge is 0.268 e. The third-order valence-corrected chi connectivity index (χ3v) is 4.57. The van der Waals surface area contributed by atoms with E-state index in [1.165, 1.54) is 0 Å². The van der Waals surface area contributed by atoms with Crippen molar-refractivity contribution in [1.29, 1.82) is 0 Å². The normalized spacial score (nSPS) is 14.4. The summed E-state index contributed by atoms with van der Waals surface area (Å²) in [5, 5.41) is 3.29. The number of hydrogen-bond acceptors (Lipinski definition) is 7. The number of nitrogens with two attached hydrogens (primary N) is 1. The number of anilines is 3. The van der Waals surface area contributed by atoms with E-state index in [1.54, 1.807) is 44.2 Å². The molecule has 0 unspecified atom stereocenters. The first kappa shape index (κ1) is 20.5. The number of morpholine rings is 1. The van der Waals surface area contributed by atoms with E-state index in [2.05, 4.69) is 10.3 Å². The molecule has 29 heavy (non-hydrogen) atoms. The van der Waals surface area contributed by atoms with E-state index in [-0.39, 0.29) is 5.91 Å². The molecule has 0 radical (unpaired) electrons. The third kappa shape index (κ3) is 5.17. The Bertz CT molecular complexity index is 885. The number of nitrogens with zero attached hydrogens (tertiary/aromatic N) is 2. The zero-order valence-corrected chi connectivity index (χ0v) is 16.9. The van der Waals surface area contributed by atoms with Crippen molar-refractivity contribution >= 4 is 34.4 Å². The molecule has 1 fully saturated rings. The van der Waals surface area contributed by atoms with Gasteiger partial charge in [-0.25, -0.2) is 4.99 Å². The maximum atomic E-state index is 12.6. The van der Waals surface area contributed by atoms with Crippen molar-refractivity contribution in [3.05, 3.63) is 36.4 Å². The number of rotatable bonds is 6. The molecule has 2 aromatic rings. The van der Waals surface area contributed by atoms with E-state index in [9.17, 15) is 4.79 Å². The first-order chi connectivity index (χ1) is 14.0. The number of amides is 1. The first-order valence-electron chi connectivity index (χ1n) is 9.32. The Kier molecular flexibility index (Phi) is 6.56. The van der Waals surface area contributed by atoms with Crippen LogP contribution in [0, 0.1) is 0 Å². The van der Waals surface area contributed by atoms with Gasteiger partial charge in [0, 0.05) is 42.7 Å². The van der Waals surface area contributed by atoms with Crippen molar-refractivity contribution in [2.75, 3.05) is 51.6 Å². The quantitative estimate of drug-likeness (QED) is 0.573. The van der Waals surface area contributed by atoms with E-state index >= 15 is 0 Å². The fraction of sp³-hybridized carbons (Fsp3) is 0.333. The van der Waals surface area contributed by atoms with Crippen LogP contribution in [0.2, 0.25) is 0 Å². The van der Waals surface area contributed by atoms with Crippen LogP contribution in [0.5, 0.6) is 11.5 Å². The Morgan fingerprint density at radius 1 is 1.07 bits per heavy atom. The lowest BCUT2D eigenvalue weighted by Crippen LogP contribution is -2.43. The fourth-order valence-corrected chi connectivity index (χ4v) is 2.99. The molecule has 0 aromatic heterocycles. The Morgan fingerprint density at radius 2 is 1.72 bits per heavy atom. The highest BCUT2D eigenvalue weighted by molar-refractivity contribution is 6.38. The monoisotopic (exact) mass is 398 g/mol. The average molecular weight is 398 g/mol. The van der Waals surface area contributed by atoms with Crippen molar-refractivity contribution in [1.82, 2.24) is 4.90 Å². The molecular formula is C21H26N4O4. The Morgan fingerprint density at radius 3 is 2.34 bits per heavy atom. The molecule has 8 heteroatoms. The molecule has 0 aliphatic carbocycles. The van der Waals surface area contributed by atoms with Gasteiger partial charge in [-0.15, -0.1) is 0 Å². The number of carbonyl (C=O) groups excluding carboxylic acids is 1. The van der Waals surface area contributed by atoms with Crippen molar-refractivity contribution in [2.24, 2.45) is 4.99 Å². The number of methoxy groups -OCH3 is 2. The summed E-state index contributed by atoms with van der Waals surface area (Å²) in [6.07, 6.45) is 0. The van der Waals surface area contributed by atoms with Gasteiger partial charge in [-0.2, -0.15) is 0 Å². The first-order valence-corrected chi connectivity index (χ1v) is 9.32. The highest BCUT2D eigenvalue weighted by Gasteiger charge is 2.19. The maximum absolute atomic E-state index is 12.6. The molecule has 3 N–H and O–H groups in total. The van der Waals surface area contributed by atoms with Gasteiger partial charge in [-0.3, -0.25) is 4.79 Å². The molecule has 1 aliphatic heterocycles. The zero-order chi connectivity index (χ0) is 20.8. The van der Waals surface area contributed by atoms with Crippen molar-refractivity contribution in [2.45, 2.75) is 6.92 Å². The summed E-state index contributed by atoms with van der Waals surface area (Å²) in [4.78, 5) is 18.8. The summed E-state index contributed by atoms with van der Waals surface area (Å²) >= 11 is 0. The SMILES string of the molecule is COc1cc(Nc2ccc(N)c(/N=C(\C)C(=O)N3CCOCC3)c2)cc(OC)c1. The van der Waals surface area contributed by atoms with Gasteiger partial charge in [0.1, 0.15) is 17.2 Å². The van der Waals surface area contributed by atoms with Crippen LogP contribution in [0.15, 0.2) is 41.4 Å². The van der Waals surface area contributed by atoms with Crippen LogP contribution in [0.4, 0.5) is 22.7 Å². The Hall–Kier alpha value is -3.26. The molecule has 154 valence electrons. The number of carbonyl (C=O) groups is 1. The molecular weight excluding hydrogens is 372 g/mol. The van der Waals surface area contributed by atoms with E-state index in [1.807, 2.05) is 18.2 Å². The van der Waals surface area contributed by atoms with Crippen LogP contribution >= 0.6 is 0 Å². The average Bonchev–Trinajstić information content (AvgIpc) is 2.75. The van der Waals surface area contributed by atoms with E-state index in [0.717, 1.165) is 11.4 Å². The van der Waals surface area contributed by atoms with E-state index in [0.29, 0.717) is 54.9 Å². The number of nitrogen functional groups attached to an aromatic ring is 1. The third-order valence-electron chi connectivity index (χ3n) is 4.57. The van der Waals surface area contributed by atoms with E-state index < -0.39 is 0 Å². The summed E-state index contributed by atoms with van der Waals surface area (Å²) in [6, 6.07) is 10.9. The summed E-state index contributed by atoms with van der Waals surface area (Å²) in [6.45, 7) is 3.93. The summed E-state index contributed by atoms with van der Waals surface area (Å²) in [5.74, 6) is 1.24. The van der Waals surface area contributed by atoms with Gasteiger partial charge in [-0.1, -0.05) is 0 Å². The predicted molar refractivity (Wildman–Crippen MR) is 114 cm³/mol. The van der Waals surface area contributed by atoms with Gasteiger partial charge in [0.25, 0.3) is 5.91 Å². The second-order valence-electron chi connectivity index (χ2n) is 6.60. The molecule has 0 bridgehead atoms. The topological polar surface area (TPSA) is 98.4 Å². The van der Waals surface area contributed by atoms with Gasteiger partial charge in [-0.05, 0) is 25.1 Å². The highest BCUT2D eigenvalue weighted by Crippen LogP contribution is 2.31. The largest absolute Gasteiger partial charge is 0.497 e. The lowest BCUT2D eigenvalue weighted by Gasteiger charge is -2.26. The van der Waals surface area contributed by atoms with Crippen LogP contribution in [-0.2, 0) is 9.53 Å². The number of aliphatic imine (C=N–C) groups is 1. The highest BCUT2D eigenvalue weighted by atomic mass is 16.5. The maximum Gasteiger partial charge on any atom is 0.268 e. The Balaban J connectivity index is 1.82. The molecule has 3 rings (SSSR count). The molecule has 2 aromatic carbocycles. The fourth-order valence-electron chi connectivity index (χ4n) is 2.99. The molecule has 0 saturated carbocycles. The molecule has 0 atom stereocenters. The number of ether oxygens (including phenoxy) is 3. The summed E-state index contributed by atoms with van der Waals surface area (Å²) in [5.41, 5.74) is 9.07. The Labute approximate surface area is 170 Å². The minimum Gasteiger partial charge on any atom is -0.497 e. The van der Waals surface area contributed by atoms with Crippen LogP contribution in [0.1, 0.15) is 6.92 Å². The van der Waals surface area contributed by atoms with Gasteiger partial charge in [0.05, 0.1) is 38.8 Å². The number of benzene rings is 2. The minimum atomic E-state index is -0.108. The van der Waals surface area contributed by atoms with Crippen LogP contribution in [0.25, 0.3) is 0 Å². The van der Waals surface area contributed by atoms with Gasteiger partial charge in [0.15, 0.2) is 0 Å². The minimum absolute atomic E-state index is 0.108. The molecule has 1 saturated heterocycles. The molecule has 1 amide bonds. The van der Waals surface area contributed by atoms with Crippen molar-refractivity contribution in [3.63, 3.8) is 0 Å². The van der Waals surface area contributed by atoms with Crippen molar-refractivity contribution in [3.8, 4) is 11.5 Å². The van der Waals surface area contributed by atoms with Crippen molar-refractivity contribution < 1.29 is 19.0 Å². The zero-order valence-electron chi connectivity index (χ0n) is 16.9. The second-order valence-corrected chi connectivity index (χ2v) is 6.60. The van der Waals surface area contributed by atoms with Crippen LogP contribution in [0.3, 0.4) is 0 Å². The second kappa shape index (κ2) is 9.29. The van der Waals surface area contributed by atoms with E-state index in [4.69, 9.17) is 19.9 Å². The molecule has 0 spiro atoms. The summed E-state index contributed by atoms with van der Waals surface area (Å²) in [7, 11) is 3.20. The standard InChI is InChI=1S/C21H26N4O4/c1-14(21(26)25-6-8-29-9-7-25)23-20-12-15(4-5-19(20)22)24-16-10-17(27-2)13-18(11-16)28-3/h4-5,10-13,24H,6-9,22H2,1-3H3/b23-14+. The predicted octanol–water partition coefficient (Wildman–Crippen LogP) is 2.98. The summed E-state index contributed by atoms with van der Waals surface area (Å²) < 4.78 is 15.9. The molecule has 1 aliphatic rings. The lowest BCUT2D eigenvalue weighted by molar-refractivity contribution is -0.128. The van der Waals surface area contributed by atoms with Gasteiger partial charge >= 0.3 is 0 Å². The van der Waals surface area contributed by atoms with Gasteiger partial charge < -0.3 is 30.2 Å².